The van der Waals surface area contributed by atoms with Gasteiger partial charge in [-0.3, -0.25) is 0 Å². The van der Waals surface area contributed by atoms with Crippen molar-refractivity contribution < 1.29 is 14.6 Å². The van der Waals surface area contributed by atoms with Crippen LogP contribution in [0.25, 0.3) is 5.76 Å². The predicted octanol–water partition coefficient (Wildman–Crippen LogP) is 4.26. The van der Waals surface area contributed by atoms with Gasteiger partial charge in [0, 0.05) is 10.5 Å². The maximum absolute atomic E-state index is 11.8. The third-order valence-corrected chi connectivity index (χ3v) is 3.12. The highest BCUT2D eigenvalue weighted by Crippen LogP contribution is 2.28. The van der Waals surface area contributed by atoms with Crippen LogP contribution in [-0.4, -0.2) is 17.7 Å². The fraction of sp³-hybridized carbons (Fsp3) is 0.357. The summed E-state index contributed by atoms with van der Waals surface area (Å²) in [4.78, 5) is 12.5. The number of rotatable bonds is 5. The van der Waals surface area contributed by atoms with Gasteiger partial charge in [0.25, 0.3) is 0 Å². The van der Waals surface area contributed by atoms with Crippen LogP contribution in [0.3, 0.4) is 0 Å². The zero-order valence-electron chi connectivity index (χ0n) is 10.9. The number of hydrogen-bond donors (Lipinski definition) is 2. The Morgan fingerprint density at radius 2 is 2.11 bits per heavy atom. The molecule has 0 amide bonds. The van der Waals surface area contributed by atoms with Crippen molar-refractivity contribution in [1.29, 1.82) is 0 Å². The predicted molar refractivity (Wildman–Crippen MR) is 79.8 cm³/mol. The Labute approximate surface area is 123 Å². The van der Waals surface area contributed by atoms with E-state index < -0.39 is 5.97 Å². The highest BCUT2D eigenvalue weighted by molar-refractivity contribution is 7.80. The van der Waals surface area contributed by atoms with Crippen LogP contribution in [0.1, 0.15) is 32.3 Å². The zero-order chi connectivity index (χ0) is 14.4. The summed E-state index contributed by atoms with van der Waals surface area (Å²) in [5.41, 5.74) is 0.635. The second kappa shape index (κ2) is 7.46. The maximum Gasteiger partial charge on any atom is 0.337 e. The number of thiol groups is 1. The van der Waals surface area contributed by atoms with Gasteiger partial charge in [0.05, 0.1) is 17.2 Å². The van der Waals surface area contributed by atoms with Gasteiger partial charge in [-0.15, -0.1) is 12.6 Å². The summed E-state index contributed by atoms with van der Waals surface area (Å²) in [6.07, 6.45) is 1.15. The van der Waals surface area contributed by atoms with Crippen LogP contribution in [0.4, 0.5) is 0 Å². The van der Waals surface area contributed by atoms with Gasteiger partial charge < -0.3 is 9.84 Å². The fourth-order valence-corrected chi connectivity index (χ4v) is 2.05. The molecule has 1 rings (SSSR count). The van der Waals surface area contributed by atoms with Crippen LogP contribution in [0, 0.1) is 0 Å². The number of ether oxygens (including phenoxy) is 1. The molecule has 0 aliphatic rings. The Hall–Kier alpha value is -1.13. The van der Waals surface area contributed by atoms with Crippen molar-refractivity contribution >= 4 is 36.0 Å². The van der Waals surface area contributed by atoms with Crippen molar-refractivity contribution in [3.63, 3.8) is 0 Å². The monoisotopic (exact) mass is 300 g/mol. The highest BCUT2D eigenvalue weighted by Gasteiger charge is 2.18. The van der Waals surface area contributed by atoms with Gasteiger partial charge in [-0.05, 0) is 31.5 Å². The molecule has 0 heterocycles. The molecule has 0 fully saturated rings. The van der Waals surface area contributed by atoms with Gasteiger partial charge in [-0.25, -0.2) is 4.79 Å². The lowest BCUT2D eigenvalue weighted by atomic mass is 10.0. The molecular formula is C14H17ClO3S. The van der Waals surface area contributed by atoms with Crippen LogP contribution in [0.2, 0.25) is 5.02 Å². The SMILES string of the molecule is CCCC(C(=O)OCC)=C(O)c1cc(S)ccc1Cl. The van der Waals surface area contributed by atoms with Gasteiger partial charge in [-0.1, -0.05) is 24.9 Å². The molecule has 0 aliphatic heterocycles. The van der Waals surface area contributed by atoms with Gasteiger partial charge in [0.2, 0.25) is 0 Å². The van der Waals surface area contributed by atoms with Gasteiger partial charge in [0.1, 0.15) is 5.76 Å². The van der Waals surface area contributed by atoms with E-state index in [1.165, 1.54) is 0 Å². The first-order chi connectivity index (χ1) is 9.01. The molecule has 1 N–H and O–H groups in total. The van der Waals surface area contributed by atoms with Crippen LogP contribution in [0.5, 0.6) is 0 Å². The van der Waals surface area contributed by atoms with Crippen molar-refractivity contribution in [2.45, 2.75) is 31.6 Å². The summed E-state index contributed by atoms with van der Waals surface area (Å²) in [5, 5.41) is 10.6. The quantitative estimate of drug-likeness (QED) is 0.370. The largest absolute Gasteiger partial charge is 0.507 e. The first-order valence-corrected chi connectivity index (χ1v) is 6.91. The Balaban J connectivity index is 3.27. The van der Waals surface area contributed by atoms with E-state index in [0.29, 0.717) is 21.9 Å². The first kappa shape index (κ1) is 15.9. The Morgan fingerprint density at radius 1 is 1.42 bits per heavy atom. The van der Waals surface area contributed by atoms with Crippen LogP contribution in [-0.2, 0) is 9.53 Å². The second-order valence-electron chi connectivity index (χ2n) is 3.96. The second-order valence-corrected chi connectivity index (χ2v) is 4.89. The number of halogens is 1. The molecular weight excluding hydrogens is 284 g/mol. The summed E-state index contributed by atoms with van der Waals surface area (Å²) in [7, 11) is 0. The number of aliphatic hydroxyl groups excluding tert-OH is 1. The standard InChI is InChI=1S/C14H17ClO3S/c1-3-5-10(14(17)18-4-2)13(16)11-8-9(19)6-7-12(11)15/h6-8,16,19H,3-5H2,1-2H3. The normalized spacial score (nSPS) is 12.0. The van der Waals surface area contributed by atoms with Gasteiger partial charge in [0.15, 0.2) is 0 Å². The Morgan fingerprint density at radius 3 is 2.68 bits per heavy atom. The van der Waals surface area contributed by atoms with Crippen LogP contribution in [0.15, 0.2) is 28.7 Å². The molecule has 104 valence electrons. The number of carbonyl (C=O) groups excluding carboxylic acids is 1. The average molecular weight is 301 g/mol. The molecule has 0 bridgehead atoms. The fourth-order valence-electron chi connectivity index (χ4n) is 1.64. The molecule has 0 spiro atoms. The van der Waals surface area contributed by atoms with E-state index in [-0.39, 0.29) is 17.9 Å². The van der Waals surface area contributed by atoms with Crippen LogP contribution >= 0.6 is 24.2 Å². The van der Waals surface area contributed by atoms with E-state index in [1.807, 2.05) is 6.92 Å². The zero-order valence-corrected chi connectivity index (χ0v) is 12.6. The molecule has 0 aromatic heterocycles. The van der Waals surface area contributed by atoms with Crippen molar-refractivity contribution in [2.24, 2.45) is 0 Å². The lowest BCUT2D eigenvalue weighted by Crippen LogP contribution is -2.10. The van der Waals surface area contributed by atoms with E-state index in [1.54, 1.807) is 25.1 Å². The van der Waals surface area contributed by atoms with Crippen LogP contribution < -0.4 is 0 Å². The molecule has 3 nitrogen and oxygen atoms in total. The summed E-state index contributed by atoms with van der Waals surface area (Å²) < 4.78 is 4.95. The maximum atomic E-state index is 11.8. The molecule has 0 aliphatic carbocycles. The van der Waals surface area contributed by atoms with Crippen molar-refractivity contribution in [1.82, 2.24) is 0 Å². The minimum absolute atomic E-state index is 0.138. The molecule has 0 unspecified atom stereocenters. The summed E-state index contributed by atoms with van der Waals surface area (Å²) in [6.45, 7) is 3.91. The highest BCUT2D eigenvalue weighted by atomic mass is 35.5. The topological polar surface area (TPSA) is 46.5 Å². The summed E-state index contributed by atoms with van der Waals surface area (Å²) >= 11 is 10.2. The Bertz CT molecular complexity index is 497. The smallest absolute Gasteiger partial charge is 0.337 e. The molecule has 0 atom stereocenters. The van der Waals surface area contributed by atoms with E-state index in [4.69, 9.17) is 16.3 Å². The molecule has 5 heteroatoms. The minimum atomic E-state index is -0.512. The molecule has 1 aromatic carbocycles. The lowest BCUT2D eigenvalue weighted by molar-refractivity contribution is -0.138. The van der Waals surface area contributed by atoms with Gasteiger partial charge in [-0.2, -0.15) is 0 Å². The number of esters is 1. The molecule has 19 heavy (non-hydrogen) atoms. The van der Waals surface area contributed by atoms with Crippen molar-refractivity contribution in [3.05, 3.63) is 34.4 Å². The first-order valence-electron chi connectivity index (χ1n) is 6.09. The average Bonchev–Trinajstić information content (AvgIpc) is 2.38. The third kappa shape index (κ3) is 4.18. The minimum Gasteiger partial charge on any atom is -0.507 e. The molecule has 0 saturated heterocycles. The number of carbonyl (C=O) groups is 1. The number of aliphatic hydroxyl groups is 1. The van der Waals surface area contributed by atoms with E-state index in [9.17, 15) is 9.90 Å². The summed E-state index contributed by atoms with van der Waals surface area (Å²) in [6, 6.07) is 4.96. The molecule has 0 radical (unpaired) electrons. The number of benzene rings is 1. The Kier molecular flexibility index (Phi) is 6.25. The van der Waals surface area contributed by atoms with E-state index in [0.717, 1.165) is 6.42 Å². The molecule has 0 saturated carbocycles. The van der Waals surface area contributed by atoms with Gasteiger partial charge >= 0.3 is 5.97 Å². The third-order valence-electron chi connectivity index (χ3n) is 2.51. The van der Waals surface area contributed by atoms with Crippen molar-refractivity contribution in [2.75, 3.05) is 6.61 Å². The van der Waals surface area contributed by atoms with Crippen molar-refractivity contribution in [3.8, 4) is 0 Å². The number of hydrogen-bond acceptors (Lipinski definition) is 4. The van der Waals surface area contributed by atoms with E-state index >= 15 is 0 Å². The summed E-state index contributed by atoms with van der Waals surface area (Å²) in [5.74, 6) is -0.649. The lowest BCUT2D eigenvalue weighted by Gasteiger charge is -2.11. The molecule has 1 aromatic rings. The van der Waals surface area contributed by atoms with E-state index in [2.05, 4.69) is 12.6 Å².